The maximum atomic E-state index is 12.1. The molecule has 156 valence electrons. The van der Waals surface area contributed by atoms with E-state index < -0.39 is 0 Å². The molecule has 1 aromatic rings. The Kier molecular flexibility index (Phi) is 9.74. The Morgan fingerprint density at radius 2 is 2.07 bits per heavy atom. The lowest BCUT2D eigenvalue weighted by molar-refractivity contribution is -0.130. The summed E-state index contributed by atoms with van der Waals surface area (Å²) < 4.78 is 0. The molecule has 1 aromatic heterocycles. The van der Waals surface area contributed by atoms with Crippen LogP contribution in [-0.4, -0.2) is 66.9 Å². The number of aryl methyl sites for hydroxylation is 1. The first-order valence-corrected chi connectivity index (χ1v) is 11.0. The fourth-order valence-electron chi connectivity index (χ4n) is 3.03. The standard InChI is InChI=1S/C19H32N6O2S/c1-3-20-19(22-9-7-13-25-12-6-4-5-8-16(25)26)23-11-10-21-18(27)17-15(2)24-14-28-17/h14H,3-13H2,1-2H3,(H,21,27)(H2,20,22,23). The molecule has 2 heterocycles. The lowest BCUT2D eigenvalue weighted by Crippen LogP contribution is -2.41. The van der Waals surface area contributed by atoms with E-state index in [1.54, 1.807) is 5.51 Å². The molecule has 1 aliphatic rings. The lowest BCUT2D eigenvalue weighted by Gasteiger charge is -2.20. The number of likely N-dealkylation sites (tertiary alicyclic amines) is 1. The molecule has 1 saturated heterocycles. The minimum absolute atomic E-state index is 0.0918. The Hall–Kier alpha value is -2.16. The van der Waals surface area contributed by atoms with Crippen molar-refractivity contribution in [2.45, 2.75) is 46.0 Å². The van der Waals surface area contributed by atoms with Crippen LogP contribution in [0.4, 0.5) is 0 Å². The predicted molar refractivity (Wildman–Crippen MR) is 113 cm³/mol. The van der Waals surface area contributed by atoms with Crippen molar-refractivity contribution in [1.29, 1.82) is 0 Å². The molecule has 0 aromatic carbocycles. The third-order valence-electron chi connectivity index (χ3n) is 4.53. The van der Waals surface area contributed by atoms with Crippen LogP contribution in [0.5, 0.6) is 0 Å². The molecule has 0 atom stereocenters. The van der Waals surface area contributed by atoms with Crippen LogP contribution in [0, 0.1) is 6.92 Å². The van der Waals surface area contributed by atoms with Gasteiger partial charge in [0.1, 0.15) is 4.88 Å². The molecular formula is C19H32N6O2S. The van der Waals surface area contributed by atoms with Crippen LogP contribution >= 0.6 is 11.3 Å². The SMILES string of the molecule is CCNC(=NCCCN1CCCCCC1=O)NCCNC(=O)c1scnc1C. The Balaban J connectivity index is 1.67. The maximum Gasteiger partial charge on any atom is 0.263 e. The average molecular weight is 409 g/mol. The first kappa shape index (κ1) is 22.1. The van der Waals surface area contributed by atoms with Crippen molar-refractivity contribution in [1.82, 2.24) is 25.8 Å². The molecule has 0 aliphatic carbocycles. The highest BCUT2D eigenvalue weighted by molar-refractivity contribution is 7.11. The van der Waals surface area contributed by atoms with Crippen LogP contribution in [0.15, 0.2) is 10.5 Å². The molecular weight excluding hydrogens is 376 g/mol. The van der Waals surface area contributed by atoms with E-state index in [0.717, 1.165) is 57.0 Å². The van der Waals surface area contributed by atoms with E-state index >= 15 is 0 Å². The minimum Gasteiger partial charge on any atom is -0.357 e. The second kappa shape index (κ2) is 12.3. The van der Waals surface area contributed by atoms with Crippen LogP contribution in [0.1, 0.15) is 54.4 Å². The van der Waals surface area contributed by atoms with Crippen LogP contribution < -0.4 is 16.0 Å². The smallest absolute Gasteiger partial charge is 0.263 e. The number of amides is 2. The Morgan fingerprint density at radius 3 is 2.82 bits per heavy atom. The molecule has 0 bridgehead atoms. The van der Waals surface area contributed by atoms with Gasteiger partial charge in [-0.1, -0.05) is 6.42 Å². The zero-order valence-corrected chi connectivity index (χ0v) is 17.7. The first-order valence-electron chi connectivity index (χ1n) is 10.1. The molecule has 3 N–H and O–H groups in total. The molecule has 1 fully saturated rings. The van der Waals surface area contributed by atoms with Crippen molar-refractivity contribution in [3.63, 3.8) is 0 Å². The predicted octanol–water partition coefficient (Wildman–Crippen LogP) is 1.53. The van der Waals surface area contributed by atoms with Gasteiger partial charge < -0.3 is 20.9 Å². The van der Waals surface area contributed by atoms with Crippen molar-refractivity contribution < 1.29 is 9.59 Å². The van der Waals surface area contributed by atoms with Gasteiger partial charge in [0.05, 0.1) is 11.2 Å². The summed E-state index contributed by atoms with van der Waals surface area (Å²) in [6, 6.07) is 0. The third-order valence-corrected chi connectivity index (χ3v) is 5.45. The van der Waals surface area contributed by atoms with Gasteiger partial charge in [-0.2, -0.15) is 0 Å². The zero-order valence-electron chi connectivity index (χ0n) is 16.9. The molecule has 1 aliphatic heterocycles. The second-order valence-corrected chi connectivity index (χ2v) is 7.61. The minimum atomic E-state index is -0.0918. The highest BCUT2D eigenvalue weighted by atomic mass is 32.1. The van der Waals surface area contributed by atoms with Crippen LogP contribution in [0.3, 0.4) is 0 Å². The first-order chi connectivity index (χ1) is 13.6. The Morgan fingerprint density at radius 1 is 1.25 bits per heavy atom. The fraction of sp³-hybridized carbons (Fsp3) is 0.684. The Labute approximate surface area is 171 Å². The number of aromatic nitrogens is 1. The third kappa shape index (κ3) is 7.46. The lowest BCUT2D eigenvalue weighted by atomic mass is 10.2. The van der Waals surface area contributed by atoms with Crippen molar-refractivity contribution in [2.24, 2.45) is 4.99 Å². The zero-order chi connectivity index (χ0) is 20.2. The number of rotatable bonds is 9. The van der Waals surface area contributed by atoms with Crippen LogP contribution in [0.2, 0.25) is 0 Å². The number of nitrogens with one attached hydrogen (secondary N) is 3. The summed E-state index contributed by atoms with van der Waals surface area (Å²) in [7, 11) is 0. The normalized spacial score (nSPS) is 15.3. The van der Waals surface area contributed by atoms with Gasteiger partial charge in [-0.25, -0.2) is 4.98 Å². The number of aliphatic imine (C=N–C) groups is 1. The summed E-state index contributed by atoms with van der Waals surface area (Å²) in [5, 5.41) is 9.31. The van der Waals surface area contributed by atoms with Gasteiger partial charge in [0, 0.05) is 45.7 Å². The van der Waals surface area contributed by atoms with Gasteiger partial charge in [0.15, 0.2) is 5.96 Å². The molecule has 28 heavy (non-hydrogen) atoms. The van der Waals surface area contributed by atoms with Crippen molar-refractivity contribution >= 4 is 29.1 Å². The van der Waals surface area contributed by atoms with Crippen molar-refractivity contribution in [2.75, 3.05) is 39.3 Å². The molecule has 0 spiro atoms. The van der Waals surface area contributed by atoms with Gasteiger partial charge in [0.2, 0.25) is 5.91 Å². The second-order valence-electron chi connectivity index (χ2n) is 6.76. The topological polar surface area (TPSA) is 98.7 Å². The summed E-state index contributed by atoms with van der Waals surface area (Å²) in [6.07, 6.45) is 4.80. The highest BCUT2D eigenvalue weighted by Crippen LogP contribution is 2.12. The van der Waals surface area contributed by atoms with Gasteiger partial charge in [-0.3, -0.25) is 14.6 Å². The van der Waals surface area contributed by atoms with E-state index in [9.17, 15) is 9.59 Å². The maximum absolute atomic E-state index is 12.1. The van der Waals surface area contributed by atoms with Gasteiger partial charge in [-0.05, 0) is 33.1 Å². The highest BCUT2D eigenvalue weighted by Gasteiger charge is 2.15. The van der Waals surface area contributed by atoms with E-state index in [0.29, 0.717) is 30.9 Å². The summed E-state index contributed by atoms with van der Waals surface area (Å²) >= 11 is 1.35. The van der Waals surface area contributed by atoms with E-state index in [1.807, 2.05) is 18.7 Å². The van der Waals surface area contributed by atoms with E-state index in [-0.39, 0.29) is 11.8 Å². The molecule has 2 rings (SSSR count). The number of carbonyl (C=O) groups excluding carboxylic acids is 2. The molecule has 8 nitrogen and oxygen atoms in total. The van der Waals surface area contributed by atoms with Gasteiger partial charge >= 0.3 is 0 Å². The van der Waals surface area contributed by atoms with Crippen molar-refractivity contribution in [3.05, 3.63) is 16.1 Å². The number of hydrogen-bond donors (Lipinski definition) is 3. The molecule has 0 unspecified atom stereocenters. The average Bonchev–Trinajstić information content (AvgIpc) is 3.01. The summed E-state index contributed by atoms with van der Waals surface area (Å²) in [5.74, 6) is 0.914. The Bertz CT molecular complexity index is 661. The van der Waals surface area contributed by atoms with Crippen LogP contribution in [-0.2, 0) is 4.79 Å². The number of thiazole rings is 1. The van der Waals surface area contributed by atoms with E-state index in [1.165, 1.54) is 11.3 Å². The summed E-state index contributed by atoms with van der Waals surface area (Å²) in [4.78, 5) is 35.4. The fourth-order valence-corrected chi connectivity index (χ4v) is 3.74. The van der Waals surface area contributed by atoms with Gasteiger partial charge in [-0.15, -0.1) is 11.3 Å². The molecule has 0 saturated carbocycles. The number of hydrogen-bond acceptors (Lipinski definition) is 5. The summed E-state index contributed by atoms with van der Waals surface area (Å²) in [6.45, 7) is 8.00. The van der Waals surface area contributed by atoms with Crippen molar-refractivity contribution in [3.8, 4) is 0 Å². The monoisotopic (exact) mass is 408 g/mol. The molecule has 2 amide bonds. The molecule has 9 heteroatoms. The number of nitrogens with zero attached hydrogens (tertiary/aromatic N) is 3. The van der Waals surface area contributed by atoms with Gasteiger partial charge in [0.25, 0.3) is 5.91 Å². The summed E-state index contributed by atoms with van der Waals surface area (Å²) in [5.41, 5.74) is 2.44. The number of guanidine groups is 1. The molecule has 0 radical (unpaired) electrons. The van der Waals surface area contributed by atoms with E-state index in [4.69, 9.17) is 0 Å². The van der Waals surface area contributed by atoms with Crippen LogP contribution in [0.25, 0.3) is 0 Å². The largest absolute Gasteiger partial charge is 0.357 e. The number of carbonyl (C=O) groups is 2. The quantitative estimate of drug-likeness (QED) is 0.327. The van der Waals surface area contributed by atoms with E-state index in [2.05, 4.69) is 25.9 Å².